The molecular formula is C25H18FNO4. The highest BCUT2D eigenvalue weighted by molar-refractivity contribution is 6.09. The van der Waals surface area contributed by atoms with E-state index in [1.165, 1.54) is 17.0 Å². The number of carbonyl (C=O) groups excluding carboxylic acids is 2. The minimum atomic E-state index is -2.23. The first-order valence-corrected chi connectivity index (χ1v) is 9.59. The fourth-order valence-corrected chi connectivity index (χ4v) is 3.42. The first-order chi connectivity index (χ1) is 15.0. The van der Waals surface area contributed by atoms with E-state index >= 15 is 0 Å². The summed E-state index contributed by atoms with van der Waals surface area (Å²) in [5.74, 6) is 3.17. The maximum absolute atomic E-state index is 13.9. The number of carbonyl (C=O) groups is 2. The summed E-state index contributed by atoms with van der Waals surface area (Å²) in [6.45, 7) is -0.127. The second-order valence-corrected chi connectivity index (χ2v) is 6.99. The van der Waals surface area contributed by atoms with Crippen LogP contribution in [0, 0.1) is 17.7 Å². The highest BCUT2D eigenvalue weighted by atomic mass is 19.1. The van der Waals surface area contributed by atoms with E-state index in [1.54, 1.807) is 30.3 Å². The van der Waals surface area contributed by atoms with Gasteiger partial charge in [-0.3, -0.25) is 4.79 Å². The Morgan fingerprint density at radius 1 is 1.03 bits per heavy atom. The minimum absolute atomic E-state index is 0.0651. The van der Waals surface area contributed by atoms with Crippen molar-refractivity contribution in [3.05, 3.63) is 101 Å². The molecule has 1 N–H and O–H groups in total. The Labute approximate surface area is 178 Å². The van der Waals surface area contributed by atoms with E-state index in [1.807, 2.05) is 30.3 Å². The molecule has 0 saturated heterocycles. The van der Waals surface area contributed by atoms with Gasteiger partial charge in [-0.1, -0.05) is 54.5 Å². The molecule has 0 aliphatic carbocycles. The monoisotopic (exact) mass is 415 g/mol. The summed E-state index contributed by atoms with van der Waals surface area (Å²) in [4.78, 5) is 26.5. The van der Waals surface area contributed by atoms with E-state index in [2.05, 4.69) is 11.8 Å². The topological polar surface area (TPSA) is 66.8 Å². The maximum Gasteiger partial charge on any atom is 0.339 e. The van der Waals surface area contributed by atoms with Crippen LogP contribution in [-0.2, 0) is 21.7 Å². The second kappa shape index (κ2) is 8.42. The lowest BCUT2D eigenvalue weighted by atomic mass is 9.96. The van der Waals surface area contributed by atoms with Crippen molar-refractivity contribution in [3.63, 3.8) is 0 Å². The van der Waals surface area contributed by atoms with Crippen LogP contribution in [0.1, 0.15) is 21.5 Å². The number of hydrogen-bond donors (Lipinski definition) is 1. The average molecular weight is 415 g/mol. The zero-order valence-corrected chi connectivity index (χ0v) is 16.4. The van der Waals surface area contributed by atoms with Crippen molar-refractivity contribution >= 4 is 17.6 Å². The Morgan fingerprint density at radius 3 is 2.42 bits per heavy atom. The quantitative estimate of drug-likeness (QED) is 0.524. The zero-order valence-electron chi connectivity index (χ0n) is 16.4. The van der Waals surface area contributed by atoms with Crippen LogP contribution in [0.25, 0.3) is 0 Å². The van der Waals surface area contributed by atoms with Gasteiger partial charge in [0, 0.05) is 5.56 Å². The molecule has 6 heteroatoms. The van der Waals surface area contributed by atoms with Gasteiger partial charge in [0.25, 0.3) is 5.91 Å². The first kappa shape index (κ1) is 20.3. The van der Waals surface area contributed by atoms with Gasteiger partial charge in [0.15, 0.2) is 6.61 Å². The van der Waals surface area contributed by atoms with Gasteiger partial charge in [-0.25, -0.2) is 9.18 Å². The van der Waals surface area contributed by atoms with E-state index in [4.69, 9.17) is 4.74 Å². The van der Waals surface area contributed by atoms with Crippen LogP contribution in [0.15, 0.2) is 78.9 Å². The number of halogens is 1. The molecule has 3 aromatic carbocycles. The largest absolute Gasteiger partial charge is 0.449 e. The van der Waals surface area contributed by atoms with Crippen LogP contribution in [0.3, 0.4) is 0 Å². The predicted octanol–water partition coefficient (Wildman–Crippen LogP) is 3.42. The Bertz CT molecular complexity index is 1180. The Morgan fingerprint density at radius 2 is 1.71 bits per heavy atom. The van der Waals surface area contributed by atoms with E-state index in [9.17, 15) is 19.1 Å². The van der Waals surface area contributed by atoms with Gasteiger partial charge in [-0.2, -0.15) is 0 Å². The predicted molar refractivity (Wildman–Crippen MR) is 112 cm³/mol. The molecule has 0 spiro atoms. The molecule has 1 atom stereocenters. The molecule has 154 valence electrons. The maximum atomic E-state index is 13.9. The third kappa shape index (κ3) is 4.04. The van der Waals surface area contributed by atoms with Crippen LogP contribution in [-0.4, -0.2) is 23.6 Å². The molecule has 1 heterocycles. The summed E-state index contributed by atoms with van der Waals surface area (Å²) >= 11 is 0. The smallest absolute Gasteiger partial charge is 0.339 e. The number of anilines is 1. The van der Waals surface area contributed by atoms with Gasteiger partial charge >= 0.3 is 5.97 Å². The summed E-state index contributed by atoms with van der Waals surface area (Å²) in [5, 5.41) is 11.1. The summed E-state index contributed by atoms with van der Waals surface area (Å²) in [7, 11) is 0. The van der Waals surface area contributed by atoms with E-state index in [0.29, 0.717) is 11.3 Å². The normalized spacial score (nSPS) is 17.0. The van der Waals surface area contributed by atoms with Gasteiger partial charge in [0.2, 0.25) is 5.60 Å². The minimum Gasteiger partial charge on any atom is -0.449 e. The van der Waals surface area contributed by atoms with Gasteiger partial charge in [-0.05, 0) is 41.8 Å². The van der Waals surface area contributed by atoms with E-state index in [0.717, 1.165) is 11.6 Å². The Hall–Kier alpha value is -3.95. The van der Waals surface area contributed by atoms with Crippen LogP contribution < -0.4 is 4.90 Å². The van der Waals surface area contributed by atoms with Crippen molar-refractivity contribution in [1.82, 2.24) is 0 Å². The lowest BCUT2D eigenvalue weighted by Gasteiger charge is -2.19. The number of rotatable bonds is 4. The SMILES string of the molecule is O=C(OCC#C[C@@]1(O)C(=O)N(Cc2ccccc2)c2ccc(F)cc21)c1ccccc1. The van der Waals surface area contributed by atoms with Gasteiger partial charge in [-0.15, -0.1) is 0 Å². The summed E-state index contributed by atoms with van der Waals surface area (Å²) in [5.41, 5.74) is -0.573. The molecule has 0 unspecified atom stereocenters. The second-order valence-electron chi connectivity index (χ2n) is 6.99. The molecule has 1 aliphatic rings. The molecule has 1 amide bonds. The molecule has 0 saturated carbocycles. The van der Waals surface area contributed by atoms with Crippen molar-refractivity contribution < 1.29 is 23.8 Å². The number of esters is 1. The molecule has 0 radical (unpaired) electrons. The summed E-state index contributed by atoms with van der Waals surface area (Å²) in [6, 6.07) is 21.4. The molecule has 5 nitrogen and oxygen atoms in total. The Kier molecular flexibility index (Phi) is 5.52. The molecule has 0 fully saturated rings. The molecule has 31 heavy (non-hydrogen) atoms. The van der Waals surface area contributed by atoms with Crippen LogP contribution in [0.4, 0.5) is 10.1 Å². The van der Waals surface area contributed by atoms with Crippen molar-refractivity contribution in [1.29, 1.82) is 0 Å². The number of benzene rings is 3. The Balaban J connectivity index is 1.57. The van der Waals surface area contributed by atoms with Crippen LogP contribution in [0.5, 0.6) is 0 Å². The number of aliphatic hydroxyl groups is 1. The third-order valence-electron chi connectivity index (χ3n) is 4.93. The fraction of sp³-hybridized carbons (Fsp3) is 0.120. The molecular weight excluding hydrogens is 397 g/mol. The third-order valence-corrected chi connectivity index (χ3v) is 4.93. The molecule has 4 rings (SSSR count). The number of nitrogens with zero attached hydrogens (tertiary/aromatic N) is 1. The zero-order chi connectivity index (χ0) is 21.8. The number of amides is 1. The van der Waals surface area contributed by atoms with Gasteiger partial charge < -0.3 is 14.7 Å². The van der Waals surface area contributed by atoms with Crippen LogP contribution >= 0.6 is 0 Å². The van der Waals surface area contributed by atoms with Crippen LogP contribution in [0.2, 0.25) is 0 Å². The van der Waals surface area contributed by atoms with Crippen molar-refractivity contribution in [3.8, 4) is 11.8 Å². The number of hydrogen-bond acceptors (Lipinski definition) is 4. The molecule has 1 aliphatic heterocycles. The molecule has 0 aromatic heterocycles. The standard InChI is InChI=1S/C25H18FNO4/c26-20-12-13-22-21(16-20)25(30,24(29)27(22)17-18-8-3-1-4-9-18)14-7-15-31-23(28)19-10-5-2-6-11-19/h1-6,8-13,16,30H,15,17H2/t25-/m0/s1. The molecule has 3 aromatic rings. The highest BCUT2D eigenvalue weighted by Gasteiger charge is 2.49. The lowest BCUT2D eigenvalue weighted by Crippen LogP contribution is -2.39. The summed E-state index contributed by atoms with van der Waals surface area (Å²) < 4.78 is 19.0. The summed E-state index contributed by atoms with van der Waals surface area (Å²) in [6.07, 6.45) is 0. The number of ether oxygens (including phenoxy) is 1. The fourth-order valence-electron chi connectivity index (χ4n) is 3.42. The molecule has 0 bridgehead atoms. The lowest BCUT2D eigenvalue weighted by molar-refractivity contribution is -0.130. The van der Waals surface area contributed by atoms with Crippen molar-refractivity contribution in [2.45, 2.75) is 12.1 Å². The van der Waals surface area contributed by atoms with Crippen molar-refractivity contribution in [2.24, 2.45) is 0 Å². The van der Waals surface area contributed by atoms with E-state index < -0.39 is 23.3 Å². The first-order valence-electron chi connectivity index (χ1n) is 9.59. The van der Waals surface area contributed by atoms with Gasteiger partial charge in [0.1, 0.15) is 5.82 Å². The average Bonchev–Trinajstić information content (AvgIpc) is 2.99. The van der Waals surface area contributed by atoms with Gasteiger partial charge in [0.05, 0.1) is 17.8 Å². The van der Waals surface area contributed by atoms with Crippen molar-refractivity contribution in [2.75, 3.05) is 11.5 Å². The highest BCUT2D eigenvalue weighted by Crippen LogP contribution is 2.41. The number of fused-ring (bicyclic) bond motifs is 1. The van der Waals surface area contributed by atoms with E-state index in [-0.39, 0.29) is 18.7 Å².